The van der Waals surface area contributed by atoms with Crippen molar-refractivity contribution in [2.75, 3.05) is 70.1 Å². The second kappa shape index (κ2) is 28.1. The fraction of sp³-hybridized carbons (Fsp3) is 0.662. The van der Waals surface area contributed by atoms with Crippen LogP contribution in [0.1, 0.15) is 159 Å². The highest BCUT2D eigenvalue weighted by atomic mass is 35.5. The number of carbonyl (C=O) groups is 4. The van der Waals surface area contributed by atoms with Crippen molar-refractivity contribution in [3.63, 3.8) is 0 Å². The zero-order valence-electron chi connectivity index (χ0n) is 50.3. The third kappa shape index (κ3) is 15.1. The SMILES string of the molecule is CN(CCOCC1CCC(CNC(=O)C2CCC(NC(=O)C3CCC4(CC3)CCN(C(=O)[C@H]3CC(=O)N(C)[C@@H]3c3cccnc3)CC4)CC2)CC1)[C@H]1CCCC[C@@H]1Nc1cc(F)c(S(=O)(=O)Nc2nc3ccc(OCC4CCCC4)cc3s2)cc1Cl. The molecule has 5 saturated carbocycles. The lowest BCUT2D eigenvalue weighted by Crippen LogP contribution is -2.48. The van der Waals surface area contributed by atoms with Gasteiger partial charge in [-0.2, -0.15) is 0 Å². The smallest absolute Gasteiger partial charge is 0.266 e. The number of nitrogens with one attached hydrogen (secondary N) is 4. The number of benzene rings is 2. The molecule has 4 N–H and O–H groups in total. The first-order chi connectivity index (χ1) is 41.6. The number of amides is 4. The number of fused-ring (bicyclic) bond motifs is 1. The molecule has 0 radical (unpaired) electrons. The summed E-state index contributed by atoms with van der Waals surface area (Å²) in [5, 5.41) is 10.4. The second-order valence-corrected chi connectivity index (χ2v) is 29.6. The Kier molecular flexibility index (Phi) is 20.4. The minimum Gasteiger partial charge on any atom is -0.493 e. The predicted octanol–water partition coefficient (Wildman–Crippen LogP) is 11.1. The Hall–Kier alpha value is -5.15. The summed E-state index contributed by atoms with van der Waals surface area (Å²) < 4.78 is 58.5. The number of piperidine rings is 1. The number of rotatable bonds is 21. The lowest BCUT2D eigenvalue weighted by molar-refractivity contribution is -0.139. The third-order valence-electron chi connectivity index (χ3n) is 20.9. The summed E-state index contributed by atoms with van der Waals surface area (Å²) in [6.07, 6.45) is 25.5. The lowest BCUT2D eigenvalue weighted by Gasteiger charge is -2.46. The molecular formula is C65H89ClFN9O8S2. The number of anilines is 2. The van der Waals surface area contributed by atoms with Crippen LogP contribution in [-0.4, -0.2) is 135 Å². The van der Waals surface area contributed by atoms with Crippen molar-refractivity contribution < 1.29 is 41.5 Å². The van der Waals surface area contributed by atoms with Gasteiger partial charge in [-0.05, 0) is 188 Å². The number of likely N-dealkylation sites (N-methyl/N-ethyl adjacent to an activating group) is 1. The number of ether oxygens (including phenoxy) is 2. The molecule has 17 nitrogen and oxygen atoms in total. The van der Waals surface area contributed by atoms with Gasteiger partial charge >= 0.3 is 0 Å². The molecule has 2 aliphatic heterocycles. The number of nitrogens with zero attached hydrogens (tertiary/aromatic N) is 5. The number of hydrogen-bond donors (Lipinski definition) is 4. The van der Waals surface area contributed by atoms with Crippen LogP contribution in [0, 0.1) is 46.7 Å². The van der Waals surface area contributed by atoms with E-state index in [1.807, 2.05) is 29.2 Å². The first-order valence-electron chi connectivity index (χ1n) is 32.2. The van der Waals surface area contributed by atoms with Crippen molar-refractivity contribution in [2.45, 2.75) is 177 Å². The van der Waals surface area contributed by atoms with Gasteiger partial charge in [0.05, 0.1) is 46.1 Å². The van der Waals surface area contributed by atoms with Crippen molar-refractivity contribution in [3.8, 4) is 5.75 Å². The number of sulfonamides is 1. The van der Waals surface area contributed by atoms with Crippen LogP contribution in [0.15, 0.2) is 59.8 Å². The number of pyridine rings is 1. The van der Waals surface area contributed by atoms with Crippen LogP contribution >= 0.6 is 22.9 Å². The molecule has 1 spiro atoms. The van der Waals surface area contributed by atoms with E-state index in [1.165, 1.54) is 49.2 Å². The van der Waals surface area contributed by atoms with E-state index in [-0.39, 0.29) is 81.6 Å². The molecule has 2 aromatic carbocycles. The number of hydrogen-bond acceptors (Lipinski definition) is 13. The predicted molar refractivity (Wildman–Crippen MR) is 333 cm³/mol. The number of likely N-dealkylation sites (tertiary alicyclic amines) is 2. The quantitative estimate of drug-likeness (QED) is 0.0576. The van der Waals surface area contributed by atoms with Crippen LogP contribution in [-0.2, 0) is 33.9 Å². The molecule has 7 fully saturated rings. The summed E-state index contributed by atoms with van der Waals surface area (Å²) in [4.78, 5) is 67.7. The van der Waals surface area contributed by atoms with E-state index in [0.717, 1.165) is 132 Å². The third-order valence-corrected chi connectivity index (χ3v) is 23.6. The summed E-state index contributed by atoms with van der Waals surface area (Å²) in [5.41, 5.74) is 2.03. The summed E-state index contributed by atoms with van der Waals surface area (Å²) in [7, 11) is -0.471. The second-order valence-electron chi connectivity index (χ2n) is 26.5. The molecule has 7 aliphatic rings. The molecule has 4 heterocycles. The minimum atomic E-state index is -4.35. The van der Waals surface area contributed by atoms with Gasteiger partial charge in [0.2, 0.25) is 23.6 Å². The molecule has 4 amide bonds. The Morgan fingerprint density at radius 3 is 2.29 bits per heavy atom. The van der Waals surface area contributed by atoms with Crippen LogP contribution in [0.4, 0.5) is 15.2 Å². The van der Waals surface area contributed by atoms with E-state index in [1.54, 1.807) is 30.4 Å². The van der Waals surface area contributed by atoms with Gasteiger partial charge in [-0.15, -0.1) is 0 Å². The largest absolute Gasteiger partial charge is 0.493 e. The fourth-order valence-electron chi connectivity index (χ4n) is 15.4. The number of halogens is 2. The lowest BCUT2D eigenvalue weighted by atomic mass is 9.65. The first-order valence-corrected chi connectivity index (χ1v) is 34.9. The molecule has 86 heavy (non-hydrogen) atoms. The average Bonchev–Trinajstić information content (AvgIpc) is 3.35. The molecule has 11 rings (SSSR count). The Labute approximate surface area is 516 Å². The van der Waals surface area contributed by atoms with Gasteiger partial charge in [0.1, 0.15) is 16.5 Å². The average molecular weight is 1240 g/mol. The molecule has 0 bridgehead atoms. The van der Waals surface area contributed by atoms with Crippen molar-refractivity contribution in [3.05, 3.63) is 71.3 Å². The van der Waals surface area contributed by atoms with Gasteiger partial charge in [0, 0.05) is 88.6 Å². The number of carbonyl (C=O) groups excluding carboxylic acids is 4. The van der Waals surface area contributed by atoms with Gasteiger partial charge in [-0.3, -0.25) is 33.8 Å². The molecule has 0 unspecified atom stereocenters. The van der Waals surface area contributed by atoms with Crippen LogP contribution < -0.4 is 25.4 Å². The maximum atomic E-state index is 15.8. The summed E-state index contributed by atoms with van der Waals surface area (Å²) in [5.74, 6) is 1.25. The molecule has 4 aromatic rings. The Balaban J connectivity index is 0.544. The Morgan fingerprint density at radius 2 is 1.55 bits per heavy atom. The summed E-state index contributed by atoms with van der Waals surface area (Å²) >= 11 is 7.89. The van der Waals surface area contributed by atoms with E-state index >= 15 is 4.39 Å². The van der Waals surface area contributed by atoms with Crippen LogP contribution in [0.3, 0.4) is 0 Å². The van der Waals surface area contributed by atoms with Crippen molar-refractivity contribution >= 4 is 77.6 Å². The van der Waals surface area contributed by atoms with E-state index < -0.39 is 26.7 Å². The Morgan fingerprint density at radius 1 is 0.837 bits per heavy atom. The standard InChI is InChI=1S/C65H89ClFN9O8S2/c1-74(56-12-6-5-11-53(56)71-55-37-52(67)58(36-51(55)66)86(81,82)73-64-72-54-22-21-49(34-57(54)85-64)84-41-43-8-3-4-9-43)32-33-83-40-44-15-13-42(14-16-44)38-69-61(78)45-17-19-48(20-18-45)70-62(79)46-23-25-65(26-24-46)27-30-76(31-28-65)63(80)50-35-59(77)75(2)60(50)47-10-7-29-68-39-47/h7,10,21-22,29,34,36-37,39,42-46,48,50,53,56,60,71H,3-6,8-9,11-20,23-28,30-33,35,38,40-41H2,1-2H3,(H,69,78)(H,70,79)(H,72,73)/t42?,44?,45?,48?,50-,53-,56-,60+/m0/s1. The van der Waals surface area contributed by atoms with Crippen molar-refractivity contribution in [1.29, 1.82) is 0 Å². The summed E-state index contributed by atoms with van der Waals surface area (Å²) in [6, 6.07) is 11.6. The highest BCUT2D eigenvalue weighted by Gasteiger charge is 2.47. The topological polar surface area (TPSA) is 204 Å². The molecule has 468 valence electrons. The first kappa shape index (κ1) is 62.5. The molecular weight excluding hydrogens is 1150 g/mol. The fourth-order valence-corrected chi connectivity index (χ4v) is 17.9. The van der Waals surface area contributed by atoms with E-state index in [0.29, 0.717) is 74.2 Å². The van der Waals surface area contributed by atoms with Gasteiger partial charge in [0.25, 0.3) is 10.0 Å². The molecule has 21 heteroatoms. The number of thiazole rings is 1. The van der Waals surface area contributed by atoms with E-state index in [2.05, 4.69) is 42.6 Å². The molecule has 2 aromatic heterocycles. The van der Waals surface area contributed by atoms with Crippen molar-refractivity contribution in [2.24, 2.45) is 40.9 Å². The zero-order valence-corrected chi connectivity index (χ0v) is 52.6. The van der Waals surface area contributed by atoms with Crippen molar-refractivity contribution in [1.82, 2.24) is 35.3 Å². The van der Waals surface area contributed by atoms with Crippen LogP contribution in [0.5, 0.6) is 5.75 Å². The van der Waals surface area contributed by atoms with Gasteiger partial charge in [-0.1, -0.05) is 54.7 Å². The maximum absolute atomic E-state index is 15.8. The maximum Gasteiger partial charge on any atom is 0.266 e. The number of aromatic nitrogens is 2. The van der Waals surface area contributed by atoms with Gasteiger partial charge in [-0.25, -0.2) is 17.8 Å². The van der Waals surface area contributed by atoms with Gasteiger partial charge in [0.15, 0.2) is 5.13 Å². The Bertz CT molecular complexity index is 3100. The highest BCUT2D eigenvalue weighted by Crippen LogP contribution is 2.48. The van der Waals surface area contributed by atoms with Crippen LogP contribution in [0.2, 0.25) is 5.02 Å². The van der Waals surface area contributed by atoms with E-state index in [4.69, 9.17) is 21.1 Å². The van der Waals surface area contributed by atoms with Gasteiger partial charge < -0.3 is 35.2 Å². The van der Waals surface area contributed by atoms with Crippen LogP contribution in [0.25, 0.3) is 10.2 Å². The normalized spacial score (nSPS) is 26.7. The highest BCUT2D eigenvalue weighted by molar-refractivity contribution is 7.93. The molecule has 2 saturated heterocycles. The molecule has 5 aliphatic carbocycles. The zero-order chi connectivity index (χ0) is 60.0. The minimum absolute atomic E-state index is 0.00302. The monoisotopic (exact) mass is 1240 g/mol. The molecule has 4 atom stereocenters. The summed E-state index contributed by atoms with van der Waals surface area (Å²) in [6.45, 7) is 4.78. The van der Waals surface area contributed by atoms with E-state index in [9.17, 15) is 27.6 Å².